The molecule has 4 aromatic rings. The van der Waals surface area contributed by atoms with Crippen LogP contribution in [0.25, 0.3) is 11.1 Å². The van der Waals surface area contributed by atoms with Crippen molar-refractivity contribution in [1.29, 1.82) is 0 Å². The summed E-state index contributed by atoms with van der Waals surface area (Å²) in [6.45, 7) is 0. The first kappa shape index (κ1) is 31.2. The molecule has 8 nitrogen and oxygen atoms in total. The zero-order valence-corrected chi connectivity index (χ0v) is 24.9. The second-order valence-corrected chi connectivity index (χ2v) is 10.6. The van der Waals surface area contributed by atoms with Crippen molar-refractivity contribution in [2.75, 3.05) is 25.7 Å². The number of halogens is 3. The Labute approximate surface area is 252 Å². The van der Waals surface area contributed by atoms with Gasteiger partial charge in [0, 0.05) is 45.9 Å². The second kappa shape index (κ2) is 14.0. The smallest absolute Gasteiger partial charge is 0.481 e. The molecule has 220 valence electrons. The summed E-state index contributed by atoms with van der Waals surface area (Å²) >= 11 is 3.23. The third kappa shape index (κ3) is 7.00. The summed E-state index contributed by atoms with van der Waals surface area (Å²) in [5.41, 5.74) is 18.9. The Kier molecular flexibility index (Phi) is 10.4. The van der Waals surface area contributed by atoms with Gasteiger partial charge in [0.15, 0.2) is 0 Å². The number of methoxy groups -OCH3 is 2. The SMILES string of the molecule is COc1cc(-c2cc(F)c3c(c2N)CCC3)ccn1.COc1cc(B(O)O)ccn1.Nc1c(Br)cc(F)c2c1CCC2. The summed E-state index contributed by atoms with van der Waals surface area (Å²) in [6, 6.07) is 9.53. The van der Waals surface area contributed by atoms with Crippen molar-refractivity contribution >= 4 is 39.9 Å². The highest BCUT2D eigenvalue weighted by atomic mass is 79.9. The normalized spacial score (nSPS) is 12.7. The molecule has 0 radical (unpaired) electrons. The van der Waals surface area contributed by atoms with Crippen molar-refractivity contribution in [3.8, 4) is 22.9 Å². The molecule has 0 bridgehead atoms. The van der Waals surface area contributed by atoms with Crippen LogP contribution in [0.5, 0.6) is 11.8 Å². The number of nitrogens with zero attached hydrogens (tertiary/aromatic N) is 2. The van der Waals surface area contributed by atoms with Crippen LogP contribution < -0.4 is 26.4 Å². The Morgan fingerprint density at radius 1 is 0.762 bits per heavy atom. The summed E-state index contributed by atoms with van der Waals surface area (Å²) < 4.78 is 37.9. The average Bonchev–Trinajstić information content (AvgIpc) is 3.70. The van der Waals surface area contributed by atoms with E-state index in [-0.39, 0.29) is 11.6 Å². The highest BCUT2D eigenvalue weighted by Crippen LogP contribution is 2.38. The second-order valence-electron chi connectivity index (χ2n) is 9.79. The van der Waals surface area contributed by atoms with Crippen LogP contribution in [0, 0.1) is 11.6 Å². The van der Waals surface area contributed by atoms with Gasteiger partial charge in [-0.1, -0.05) is 0 Å². The molecule has 2 aliphatic carbocycles. The molecule has 0 saturated carbocycles. The molecule has 2 heterocycles. The van der Waals surface area contributed by atoms with Gasteiger partial charge in [-0.15, -0.1) is 0 Å². The number of hydrogen-bond acceptors (Lipinski definition) is 8. The van der Waals surface area contributed by atoms with Crippen LogP contribution in [0.1, 0.15) is 35.1 Å². The van der Waals surface area contributed by atoms with Gasteiger partial charge in [0.05, 0.1) is 14.2 Å². The van der Waals surface area contributed by atoms with Crippen LogP contribution in [0.15, 0.2) is 53.3 Å². The number of ether oxygens (including phenoxy) is 2. The molecular formula is C30H32BBrF2N4O4. The summed E-state index contributed by atoms with van der Waals surface area (Å²) in [5.74, 6) is 0.587. The highest BCUT2D eigenvalue weighted by molar-refractivity contribution is 9.10. The van der Waals surface area contributed by atoms with Gasteiger partial charge in [-0.25, -0.2) is 18.7 Å². The molecule has 0 aliphatic heterocycles. The van der Waals surface area contributed by atoms with E-state index < -0.39 is 7.12 Å². The summed E-state index contributed by atoms with van der Waals surface area (Å²) in [7, 11) is 1.56. The lowest BCUT2D eigenvalue weighted by Crippen LogP contribution is -2.29. The first-order valence-electron chi connectivity index (χ1n) is 13.4. The quantitative estimate of drug-likeness (QED) is 0.190. The predicted molar refractivity (Wildman–Crippen MR) is 164 cm³/mol. The van der Waals surface area contributed by atoms with E-state index in [9.17, 15) is 8.78 Å². The molecule has 2 aromatic heterocycles. The molecule has 0 atom stereocenters. The van der Waals surface area contributed by atoms with Crippen molar-refractivity contribution in [3.63, 3.8) is 0 Å². The topological polar surface area (TPSA) is 137 Å². The van der Waals surface area contributed by atoms with Crippen molar-refractivity contribution in [2.24, 2.45) is 0 Å². The van der Waals surface area contributed by atoms with E-state index in [1.165, 1.54) is 37.6 Å². The van der Waals surface area contributed by atoms with Gasteiger partial charge in [0.25, 0.3) is 0 Å². The van der Waals surface area contributed by atoms with E-state index in [1.807, 2.05) is 6.07 Å². The Morgan fingerprint density at radius 2 is 1.29 bits per heavy atom. The van der Waals surface area contributed by atoms with Gasteiger partial charge in [-0.05, 0) is 112 Å². The number of pyridine rings is 2. The van der Waals surface area contributed by atoms with Gasteiger partial charge in [-0.2, -0.15) is 0 Å². The van der Waals surface area contributed by atoms with Crippen molar-refractivity contribution in [1.82, 2.24) is 9.97 Å². The molecule has 12 heteroatoms. The maximum absolute atomic E-state index is 14.1. The molecule has 0 spiro atoms. The monoisotopic (exact) mass is 640 g/mol. The molecule has 2 aromatic carbocycles. The number of anilines is 2. The molecular weight excluding hydrogens is 609 g/mol. The van der Waals surface area contributed by atoms with Crippen LogP contribution in [0.3, 0.4) is 0 Å². The zero-order chi connectivity index (χ0) is 30.4. The van der Waals surface area contributed by atoms with Crippen LogP contribution in [-0.2, 0) is 25.7 Å². The number of hydrogen-bond donors (Lipinski definition) is 4. The average molecular weight is 641 g/mol. The van der Waals surface area contributed by atoms with Gasteiger partial charge in [0.2, 0.25) is 11.8 Å². The first-order chi connectivity index (χ1) is 20.1. The third-order valence-corrected chi connectivity index (χ3v) is 7.91. The fourth-order valence-corrected chi connectivity index (χ4v) is 5.55. The van der Waals surface area contributed by atoms with Crippen molar-refractivity contribution < 1.29 is 28.3 Å². The summed E-state index contributed by atoms with van der Waals surface area (Å²) in [5, 5.41) is 17.4. The lowest BCUT2D eigenvalue weighted by Gasteiger charge is -2.12. The molecule has 0 unspecified atom stereocenters. The van der Waals surface area contributed by atoms with Gasteiger partial charge in [-0.3, -0.25) is 0 Å². The predicted octanol–water partition coefficient (Wildman–Crippen LogP) is 4.40. The van der Waals surface area contributed by atoms with Crippen LogP contribution in [0.4, 0.5) is 20.2 Å². The first-order valence-corrected chi connectivity index (χ1v) is 14.1. The largest absolute Gasteiger partial charge is 0.488 e. The minimum absolute atomic E-state index is 0.122. The van der Waals surface area contributed by atoms with Gasteiger partial charge in [0.1, 0.15) is 11.6 Å². The van der Waals surface area contributed by atoms with E-state index in [0.29, 0.717) is 33.1 Å². The third-order valence-electron chi connectivity index (χ3n) is 7.26. The number of benzene rings is 2. The van der Waals surface area contributed by atoms with E-state index in [0.717, 1.165) is 71.9 Å². The standard InChI is InChI=1S/C15H15FN2O.C9H9BrFN.C6H8BNO3/c1-19-14-7-9(5-6-18-14)12-8-13(16)10-3-2-4-11(10)15(12)17;10-7-4-8(11)5-2-1-3-6(5)9(7)12;1-11-6-4-5(7(9)10)2-3-8-6/h5-8H,2-4,17H2,1H3;4H,1-3,12H2;2-4,9-10H,1H3. The Balaban J connectivity index is 0.000000153. The number of nitrogens with two attached hydrogens (primary N) is 2. The summed E-state index contributed by atoms with van der Waals surface area (Å²) in [6.07, 6.45) is 8.47. The van der Waals surface area contributed by atoms with Gasteiger partial charge < -0.3 is 31.0 Å². The van der Waals surface area contributed by atoms with E-state index in [1.54, 1.807) is 19.4 Å². The Bertz CT molecular complexity index is 1580. The molecule has 0 fully saturated rings. The lowest BCUT2D eigenvalue weighted by atomic mass is 9.81. The maximum atomic E-state index is 14.1. The number of aromatic nitrogens is 2. The molecule has 6 rings (SSSR count). The number of rotatable bonds is 4. The lowest BCUT2D eigenvalue weighted by molar-refractivity contribution is 0.396. The fraction of sp³-hybridized carbons (Fsp3) is 0.267. The molecule has 6 N–H and O–H groups in total. The van der Waals surface area contributed by atoms with Crippen molar-refractivity contribution in [3.05, 3.63) is 87.2 Å². The van der Waals surface area contributed by atoms with E-state index in [4.69, 9.17) is 31.0 Å². The number of nitrogen functional groups attached to an aromatic ring is 2. The Morgan fingerprint density at radius 3 is 1.88 bits per heavy atom. The van der Waals surface area contributed by atoms with E-state index >= 15 is 0 Å². The van der Waals surface area contributed by atoms with E-state index in [2.05, 4.69) is 25.9 Å². The van der Waals surface area contributed by atoms with Crippen LogP contribution >= 0.6 is 15.9 Å². The zero-order valence-electron chi connectivity index (χ0n) is 23.3. The highest BCUT2D eigenvalue weighted by Gasteiger charge is 2.22. The Hall–Kier alpha value is -3.74. The maximum Gasteiger partial charge on any atom is 0.488 e. The fourth-order valence-electron chi connectivity index (χ4n) is 5.11. The molecule has 2 aliphatic rings. The van der Waals surface area contributed by atoms with Crippen LogP contribution in [0.2, 0.25) is 0 Å². The summed E-state index contributed by atoms with van der Waals surface area (Å²) in [4.78, 5) is 7.85. The van der Waals surface area contributed by atoms with Gasteiger partial charge >= 0.3 is 7.12 Å². The minimum Gasteiger partial charge on any atom is -0.481 e. The van der Waals surface area contributed by atoms with Crippen LogP contribution in [-0.4, -0.2) is 41.4 Å². The molecule has 0 saturated heterocycles. The van der Waals surface area contributed by atoms with Crippen molar-refractivity contribution in [2.45, 2.75) is 38.5 Å². The molecule has 42 heavy (non-hydrogen) atoms. The minimum atomic E-state index is -1.47. The molecule has 0 amide bonds. The number of fused-ring (bicyclic) bond motifs is 2.